The van der Waals surface area contributed by atoms with Crippen molar-refractivity contribution in [2.24, 2.45) is 0 Å². The Balaban J connectivity index is 1.54. The van der Waals surface area contributed by atoms with Crippen LogP contribution in [0.5, 0.6) is 5.75 Å². The number of allylic oxidation sites excluding steroid dienone is 1. The maximum Gasteiger partial charge on any atom is 0.262 e. The Bertz CT molecular complexity index is 1390. The second kappa shape index (κ2) is 10.2. The number of carbonyl (C=O) groups is 1. The van der Waals surface area contributed by atoms with Crippen LogP contribution in [0.25, 0.3) is 21.9 Å². The third-order valence-corrected chi connectivity index (χ3v) is 6.52. The topological polar surface area (TPSA) is 75.0 Å². The third-order valence-electron chi connectivity index (χ3n) is 4.48. The number of halogens is 3. The lowest BCUT2D eigenvalue weighted by molar-refractivity contribution is -0.118. The molecule has 5 nitrogen and oxygen atoms in total. The molecule has 0 saturated heterocycles. The van der Waals surface area contributed by atoms with Gasteiger partial charge in [-0.1, -0.05) is 46.9 Å². The van der Waals surface area contributed by atoms with E-state index in [1.54, 1.807) is 42.5 Å². The van der Waals surface area contributed by atoms with Gasteiger partial charge in [0.25, 0.3) is 5.91 Å². The first kappa shape index (κ1) is 23.1. The second-order valence-electron chi connectivity index (χ2n) is 6.80. The van der Waals surface area contributed by atoms with E-state index in [1.807, 2.05) is 24.3 Å². The van der Waals surface area contributed by atoms with Crippen LogP contribution < -0.4 is 10.1 Å². The highest BCUT2D eigenvalue weighted by atomic mass is 35.5. The van der Waals surface area contributed by atoms with Crippen molar-refractivity contribution >= 4 is 79.6 Å². The molecule has 0 aliphatic rings. The third kappa shape index (κ3) is 5.65. The van der Waals surface area contributed by atoms with Crippen LogP contribution in [0, 0.1) is 11.3 Å². The molecule has 3 aromatic carbocycles. The first-order valence-electron chi connectivity index (χ1n) is 9.58. The van der Waals surface area contributed by atoms with E-state index in [2.05, 4.69) is 16.4 Å². The Morgan fingerprint density at radius 3 is 2.67 bits per heavy atom. The maximum absolute atomic E-state index is 12.3. The zero-order valence-corrected chi connectivity index (χ0v) is 19.9. The van der Waals surface area contributed by atoms with Crippen molar-refractivity contribution in [3.05, 3.63) is 86.3 Å². The SMILES string of the molecule is N#C/C(=C\c1cc(Cl)ccc1OCC(=O)Nc1ccc(Cl)c(Cl)c1)c1nc2ccccc2s1. The highest BCUT2D eigenvalue weighted by Crippen LogP contribution is 2.31. The molecule has 0 unspecified atom stereocenters. The van der Waals surface area contributed by atoms with E-state index in [-0.39, 0.29) is 12.5 Å². The highest BCUT2D eigenvalue weighted by molar-refractivity contribution is 7.19. The van der Waals surface area contributed by atoms with Crippen LogP contribution in [0.4, 0.5) is 5.69 Å². The lowest BCUT2D eigenvalue weighted by Crippen LogP contribution is -2.20. The molecule has 1 N–H and O–H groups in total. The fourth-order valence-electron chi connectivity index (χ4n) is 2.96. The van der Waals surface area contributed by atoms with Crippen LogP contribution in [-0.2, 0) is 4.79 Å². The number of nitrogens with one attached hydrogen (secondary N) is 1. The largest absolute Gasteiger partial charge is 0.483 e. The van der Waals surface area contributed by atoms with Gasteiger partial charge in [-0.25, -0.2) is 4.98 Å². The van der Waals surface area contributed by atoms with E-state index in [0.717, 1.165) is 10.2 Å². The average Bonchev–Trinajstić information content (AvgIpc) is 3.23. The van der Waals surface area contributed by atoms with Crippen molar-refractivity contribution in [2.75, 3.05) is 11.9 Å². The number of nitriles is 1. The van der Waals surface area contributed by atoms with Gasteiger partial charge in [0.05, 0.1) is 25.8 Å². The van der Waals surface area contributed by atoms with Crippen LogP contribution in [0.1, 0.15) is 10.6 Å². The summed E-state index contributed by atoms with van der Waals surface area (Å²) in [6, 6.07) is 19.6. The zero-order chi connectivity index (χ0) is 23.4. The summed E-state index contributed by atoms with van der Waals surface area (Å²) in [4.78, 5) is 16.9. The molecule has 1 heterocycles. The summed E-state index contributed by atoms with van der Waals surface area (Å²) in [5, 5.41) is 14.2. The molecular formula is C24H14Cl3N3O2S. The fraction of sp³-hybridized carbons (Fsp3) is 0.0417. The first-order chi connectivity index (χ1) is 15.9. The van der Waals surface area contributed by atoms with Gasteiger partial charge < -0.3 is 10.1 Å². The molecule has 0 radical (unpaired) electrons. The molecule has 4 rings (SSSR count). The van der Waals surface area contributed by atoms with Crippen LogP contribution in [0.15, 0.2) is 60.7 Å². The van der Waals surface area contributed by atoms with Crippen LogP contribution in [0.3, 0.4) is 0 Å². The zero-order valence-electron chi connectivity index (χ0n) is 16.8. The van der Waals surface area contributed by atoms with Crippen LogP contribution in [-0.4, -0.2) is 17.5 Å². The number of hydrogen-bond donors (Lipinski definition) is 1. The van der Waals surface area contributed by atoms with E-state index >= 15 is 0 Å². The van der Waals surface area contributed by atoms with Gasteiger partial charge in [0, 0.05) is 16.3 Å². The van der Waals surface area contributed by atoms with Gasteiger partial charge in [0.15, 0.2) is 6.61 Å². The van der Waals surface area contributed by atoms with Gasteiger partial charge in [-0.2, -0.15) is 5.26 Å². The lowest BCUT2D eigenvalue weighted by atomic mass is 10.1. The molecule has 0 bridgehead atoms. The number of benzene rings is 3. The molecule has 0 fully saturated rings. The molecule has 0 saturated carbocycles. The normalized spacial score (nSPS) is 11.3. The second-order valence-corrected chi connectivity index (χ2v) is 9.09. The van der Waals surface area contributed by atoms with Gasteiger partial charge in [0.1, 0.15) is 16.8 Å². The summed E-state index contributed by atoms with van der Waals surface area (Å²) >= 11 is 19.5. The predicted molar refractivity (Wildman–Crippen MR) is 135 cm³/mol. The summed E-state index contributed by atoms with van der Waals surface area (Å²) in [5.41, 5.74) is 2.24. The number of carbonyl (C=O) groups excluding carboxylic acids is 1. The molecule has 4 aromatic rings. The molecular weight excluding hydrogens is 501 g/mol. The van der Waals surface area contributed by atoms with E-state index < -0.39 is 0 Å². The molecule has 1 amide bonds. The van der Waals surface area contributed by atoms with Gasteiger partial charge in [-0.15, -0.1) is 11.3 Å². The van der Waals surface area contributed by atoms with Crippen molar-refractivity contribution in [2.45, 2.75) is 0 Å². The van der Waals surface area contributed by atoms with Crippen molar-refractivity contribution in [1.29, 1.82) is 5.26 Å². The Morgan fingerprint density at radius 1 is 1.09 bits per heavy atom. The van der Waals surface area contributed by atoms with Crippen molar-refractivity contribution < 1.29 is 9.53 Å². The number of nitrogens with zero attached hydrogens (tertiary/aromatic N) is 2. The summed E-state index contributed by atoms with van der Waals surface area (Å²) < 4.78 is 6.70. The smallest absolute Gasteiger partial charge is 0.262 e. The minimum Gasteiger partial charge on any atom is -0.483 e. The summed E-state index contributed by atoms with van der Waals surface area (Å²) in [7, 11) is 0. The quantitative estimate of drug-likeness (QED) is 0.273. The molecule has 0 aliphatic carbocycles. The predicted octanol–water partition coefficient (Wildman–Crippen LogP) is 7.34. The standard InChI is InChI=1S/C24H14Cl3N3O2S/c25-16-5-8-21(32-13-23(31)29-17-6-7-18(26)19(27)11-17)14(10-16)9-15(12-28)24-30-20-3-1-2-4-22(20)33-24/h1-11H,13H2,(H,29,31)/b15-9+. The van der Waals surface area contributed by atoms with Crippen molar-refractivity contribution in [3.63, 3.8) is 0 Å². The number of anilines is 1. The molecule has 9 heteroatoms. The number of ether oxygens (including phenoxy) is 1. The van der Waals surface area contributed by atoms with E-state index in [0.29, 0.717) is 42.6 Å². The fourth-order valence-corrected chi connectivity index (χ4v) is 4.37. The van der Waals surface area contributed by atoms with Gasteiger partial charge in [-0.3, -0.25) is 4.79 Å². The Labute approximate surface area is 208 Å². The summed E-state index contributed by atoms with van der Waals surface area (Å²) in [5.74, 6) is 0.0162. The number of rotatable bonds is 6. The minimum atomic E-state index is -0.384. The van der Waals surface area contributed by atoms with Gasteiger partial charge >= 0.3 is 0 Å². The molecule has 33 heavy (non-hydrogen) atoms. The number of fused-ring (bicyclic) bond motifs is 1. The van der Waals surface area contributed by atoms with Crippen LogP contribution in [0.2, 0.25) is 15.1 Å². The molecule has 164 valence electrons. The minimum absolute atomic E-state index is 0.258. The summed E-state index contributed by atoms with van der Waals surface area (Å²) in [6.45, 7) is -0.258. The Morgan fingerprint density at radius 2 is 1.91 bits per heavy atom. The average molecular weight is 515 g/mol. The number of para-hydroxylation sites is 1. The molecule has 0 atom stereocenters. The maximum atomic E-state index is 12.3. The van der Waals surface area contributed by atoms with E-state index in [1.165, 1.54) is 11.3 Å². The number of hydrogen-bond acceptors (Lipinski definition) is 5. The molecule has 0 spiro atoms. The van der Waals surface area contributed by atoms with Gasteiger partial charge in [-0.05, 0) is 54.6 Å². The number of amides is 1. The first-order valence-corrected chi connectivity index (χ1v) is 11.5. The van der Waals surface area contributed by atoms with Gasteiger partial charge in [0.2, 0.25) is 0 Å². The van der Waals surface area contributed by atoms with Crippen molar-refractivity contribution in [1.82, 2.24) is 4.98 Å². The molecule has 0 aliphatic heterocycles. The summed E-state index contributed by atoms with van der Waals surface area (Å²) in [6.07, 6.45) is 1.65. The monoisotopic (exact) mass is 513 g/mol. The Kier molecular flexibility index (Phi) is 7.17. The number of thiazole rings is 1. The Hall–Kier alpha value is -3.08. The highest BCUT2D eigenvalue weighted by Gasteiger charge is 2.12. The molecule has 1 aromatic heterocycles. The lowest BCUT2D eigenvalue weighted by Gasteiger charge is -2.11. The number of aromatic nitrogens is 1. The van der Waals surface area contributed by atoms with E-state index in [4.69, 9.17) is 39.5 Å². The van der Waals surface area contributed by atoms with E-state index in [9.17, 15) is 10.1 Å². The van der Waals surface area contributed by atoms with Crippen molar-refractivity contribution in [3.8, 4) is 11.8 Å². The van der Waals surface area contributed by atoms with Crippen LogP contribution >= 0.6 is 46.1 Å².